The summed E-state index contributed by atoms with van der Waals surface area (Å²) in [6.07, 6.45) is 9.55. The summed E-state index contributed by atoms with van der Waals surface area (Å²) in [6.45, 7) is 12.0. The number of aliphatic imine (C=N–C) groups is 1. The van der Waals surface area contributed by atoms with Gasteiger partial charge in [0, 0.05) is 45.6 Å². The van der Waals surface area contributed by atoms with E-state index in [1.807, 2.05) is 0 Å². The average Bonchev–Trinajstić information content (AvgIpc) is 3.17. The third-order valence-corrected chi connectivity index (χ3v) is 5.73. The molecule has 0 aliphatic carbocycles. The van der Waals surface area contributed by atoms with Crippen molar-refractivity contribution in [2.24, 2.45) is 16.8 Å². The summed E-state index contributed by atoms with van der Waals surface area (Å²) < 4.78 is 2.36. The second-order valence-electron chi connectivity index (χ2n) is 8.56. The molecule has 0 spiro atoms. The van der Waals surface area contributed by atoms with E-state index >= 15 is 0 Å². The van der Waals surface area contributed by atoms with Gasteiger partial charge in [0.1, 0.15) is 11.6 Å². The highest BCUT2D eigenvalue weighted by Gasteiger charge is 2.25. The van der Waals surface area contributed by atoms with Crippen LogP contribution >= 0.6 is 0 Å². The molecule has 1 atom stereocenters. The van der Waals surface area contributed by atoms with Crippen LogP contribution in [0.15, 0.2) is 4.99 Å². The van der Waals surface area contributed by atoms with Crippen molar-refractivity contribution in [3.8, 4) is 0 Å². The Balaban J connectivity index is 1.50. The number of rotatable bonds is 7. The molecule has 3 heterocycles. The standard InChI is InChI=1S/C21H38N6/c1-4-22-21(26-14-11-18(16-26)15-17(2)3)23-12-8-10-20-25-24-19-9-6-5-7-13-27(19)20/h17-18H,4-16H2,1-3H3,(H,22,23). The molecule has 6 heteroatoms. The highest BCUT2D eigenvalue weighted by Crippen LogP contribution is 2.23. The Morgan fingerprint density at radius 1 is 1.22 bits per heavy atom. The number of nitrogens with zero attached hydrogens (tertiary/aromatic N) is 5. The number of hydrogen-bond donors (Lipinski definition) is 1. The van der Waals surface area contributed by atoms with Crippen LogP contribution in [0.2, 0.25) is 0 Å². The lowest BCUT2D eigenvalue weighted by atomic mass is 9.97. The quantitative estimate of drug-likeness (QED) is 0.452. The molecule has 1 aromatic rings. The van der Waals surface area contributed by atoms with E-state index in [1.54, 1.807) is 0 Å². The summed E-state index contributed by atoms with van der Waals surface area (Å²) in [5, 5.41) is 12.4. The van der Waals surface area contributed by atoms with Gasteiger partial charge in [-0.2, -0.15) is 0 Å². The number of fused-ring (bicyclic) bond motifs is 1. The summed E-state index contributed by atoms with van der Waals surface area (Å²) >= 11 is 0. The molecule has 1 saturated heterocycles. The SMILES string of the molecule is CCNC(=NCCCc1nnc2n1CCCCC2)N1CCC(CC(C)C)C1. The Hall–Kier alpha value is -1.59. The van der Waals surface area contributed by atoms with Gasteiger partial charge in [0.2, 0.25) is 0 Å². The molecule has 3 rings (SSSR count). The zero-order valence-electron chi connectivity index (χ0n) is 17.6. The van der Waals surface area contributed by atoms with Crippen molar-refractivity contribution in [1.29, 1.82) is 0 Å². The second kappa shape index (κ2) is 10.1. The first-order chi connectivity index (χ1) is 13.2. The molecule has 2 aliphatic rings. The van der Waals surface area contributed by atoms with Gasteiger partial charge in [0.15, 0.2) is 5.96 Å². The predicted octanol–water partition coefficient (Wildman–Crippen LogP) is 3.27. The molecule has 1 unspecified atom stereocenters. The van der Waals surface area contributed by atoms with Crippen LogP contribution in [-0.2, 0) is 19.4 Å². The lowest BCUT2D eigenvalue weighted by molar-refractivity contribution is 0.403. The first-order valence-electron chi connectivity index (χ1n) is 11.1. The van der Waals surface area contributed by atoms with E-state index in [4.69, 9.17) is 4.99 Å². The van der Waals surface area contributed by atoms with Crippen LogP contribution in [0.4, 0.5) is 0 Å². The largest absolute Gasteiger partial charge is 0.357 e. The number of hydrogen-bond acceptors (Lipinski definition) is 3. The van der Waals surface area contributed by atoms with E-state index in [1.165, 1.54) is 37.9 Å². The molecule has 27 heavy (non-hydrogen) atoms. The molecular weight excluding hydrogens is 336 g/mol. The fourth-order valence-corrected chi connectivity index (χ4v) is 4.46. The van der Waals surface area contributed by atoms with Crippen molar-refractivity contribution >= 4 is 5.96 Å². The Kier molecular flexibility index (Phi) is 7.53. The first kappa shape index (κ1) is 20.2. The zero-order chi connectivity index (χ0) is 19.1. The van der Waals surface area contributed by atoms with Crippen molar-refractivity contribution in [2.45, 2.75) is 78.7 Å². The van der Waals surface area contributed by atoms with Crippen molar-refractivity contribution in [1.82, 2.24) is 25.0 Å². The summed E-state index contributed by atoms with van der Waals surface area (Å²) in [7, 11) is 0. The van der Waals surface area contributed by atoms with Crippen molar-refractivity contribution in [3.63, 3.8) is 0 Å². The summed E-state index contributed by atoms with van der Waals surface area (Å²) in [6, 6.07) is 0. The Morgan fingerprint density at radius 2 is 2.11 bits per heavy atom. The minimum Gasteiger partial charge on any atom is -0.357 e. The molecule has 6 nitrogen and oxygen atoms in total. The second-order valence-corrected chi connectivity index (χ2v) is 8.56. The fourth-order valence-electron chi connectivity index (χ4n) is 4.46. The van der Waals surface area contributed by atoms with Crippen LogP contribution in [0.3, 0.4) is 0 Å². The van der Waals surface area contributed by atoms with Gasteiger partial charge in [-0.3, -0.25) is 4.99 Å². The minimum absolute atomic E-state index is 0.785. The van der Waals surface area contributed by atoms with Crippen LogP contribution < -0.4 is 5.32 Å². The van der Waals surface area contributed by atoms with Crippen LogP contribution in [-0.4, -0.2) is 51.8 Å². The molecule has 0 bridgehead atoms. The van der Waals surface area contributed by atoms with Crippen molar-refractivity contribution < 1.29 is 0 Å². The van der Waals surface area contributed by atoms with Gasteiger partial charge in [-0.25, -0.2) is 0 Å². The van der Waals surface area contributed by atoms with E-state index < -0.39 is 0 Å². The molecule has 2 aliphatic heterocycles. The molecular formula is C21H38N6. The van der Waals surface area contributed by atoms with Gasteiger partial charge in [0.25, 0.3) is 0 Å². The maximum atomic E-state index is 4.91. The predicted molar refractivity (Wildman–Crippen MR) is 111 cm³/mol. The maximum Gasteiger partial charge on any atom is 0.193 e. The van der Waals surface area contributed by atoms with Crippen LogP contribution in [0, 0.1) is 11.8 Å². The molecule has 0 aromatic carbocycles. The normalized spacial score (nSPS) is 20.8. The molecule has 0 amide bonds. The third kappa shape index (κ3) is 5.69. The lowest BCUT2D eigenvalue weighted by Crippen LogP contribution is -2.40. The van der Waals surface area contributed by atoms with Crippen molar-refractivity contribution in [3.05, 3.63) is 11.6 Å². The average molecular weight is 375 g/mol. The molecule has 1 aromatic heterocycles. The minimum atomic E-state index is 0.785. The smallest absolute Gasteiger partial charge is 0.193 e. The van der Waals surface area contributed by atoms with E-state index in [-0.39, 0.29) is 0 Å². The van der Waals surface area contributed by atoms with E-state index in [0.29, 0.717) is 0 Å². The number of likely N-dealkylation sites (tertiary alicyclic amines) is 1. The van der Waals surface area contributed by atoms with E-state index in [9.17, 15) is 0 Å². The summed E-state index contributed by atoms with van der Waals surface area (Å²) in [5.74, 6) is 5.05. The van der Waals surface area contributed by atoms with E-state index in [0.717, 1.165) is 75.6 Å². The summed E-state index contributed by atoms with van der Waals surface area (Å²) in [5.41, 5.74) is 0. The molecule has 1 fully saturated rings. The van der Waals surface area contributed by atoms with Gasteiger partial charge < -0.3 is 14.8 Å². The third-order valence-electron chi connectivity index (χ3n) is 5.73. The topological polar surface area (TPSA) is 58.3 Å². The fraction of sp³-hybridized carbons (Fsp3) is 0.857. The van der Waals surface area contributed by atoms with Gasteiger partial charge in [-0.15, -0.1) is 10.2 Å². The lowest BCUT2D eigenvalue weighted by Gasteiger charge is -2.22. The number of aryl methyl sites for hydroxylation is 2. The van der Waals surface area contributed by atoms with Gasteiger partial charge >= 0.3 is 0 Å². The Morgan fingerprint density at radius 3 is 2.93 bits per heavy atom. The van der Waals surface area contributed by atoms with Gasteiger partial charge in [-0.05, 0) is 50.9 Å². The van der Waals surface area contributed by atoms with Crippen LogP contribution in [0.25, 0.3) is 0 Å². The zero-order valence-corrected chi connectivity index (χ0v) is 17.6. The van der Waals surface area contributed by atoms with Gasteiger partial charge in [-0.1, -0.05) is 20.3 Å². The monoisotopic (exact) mass is 374 g/mol. The molecule has 1 N–H and O–H groups in total. The Bertz CT molecular complexity index is 606. The number of nitrogens with one attached hydrogen (secondary N) is 1. The van der Waals surface area contributed by atoms with Gasteiger partial charge in [0.05, 0.1) is 0 Å². The summed E-state index contributed by atoms with van der Waals surface area (Å²) in [4.78, 5) is 7.37. The van der Waals surface area contributed by atoms with Crippen LogP contribution in [0.1, 0.15) is 70.9 Å². The molecule has 152 valence electrons. The highest BCUT2D eigenvalue weighted by molar-refractivity contribution is 5.80. The molecule has 0 saturated carbocycles. The van der Waals surface area contributed by atoms with Crippen molar-refractivity contribution in [2.75, 3.05) is 26.2 Å². The van der Waals surface area contributed by atoms with Crippen LogP contribution in [0.5, 0.6) is 0 Å². The van der Waals surface area contributed by atoms with E-state index in [2.05, 4.69) is 45.8 Å². The first-order valence-corrected chi connectivity index (χ1v) is 11.1. The Labute approximate surface area is 164 Å². The maximum absolute atomic E-state index is 4.91. The number of guanidine groups is 1. The molecule has 0 radical (unpaired) electrons. The highest BCUT2D eigenvalue weighted by atomic mass is 15.3. The number of aromatic nitrogens is 3.